The van der Waals surface area contributed by atoms with Crippen LogP contribution < -0.4 is 0 Å². The fourth-order valence-electron chi connectivity index (χ4n) is 0.579. The summed E-state index contributed by atoms with van der Waals surface area (Å²) >= 11 is 0. The van der Waals surface area contributed by atoms with E-state index in [2.05, 4.69) is 0 Å². The molecule has 0 unspecified atom stereocenters. The number of allylic oxidation sites excluding steroid dienone is 1. The quantitative estimate of drug-likeness (QED) is 0.583. The maximum atomic E-state index is 12.2. The standard InChI is InChI=1S/C8H13F3/c1-8(2,3)5-4-6(9)7(10)11/h4-5H2,1-3H3. The molecule has 0 aromatic carbocycles. The molecule has 11 heavy (non-hydrogen) atoms. The third-order valence-corrected chi connectivity index (χ3v) is 1.30. The van der Waals surface area contributed by atoms with Gasteiger partial charge in [-0.25, -0.2) is 4.39 Å². The van der Waals surface area contributed by atoms with Gasteiger partial charge in [0, 0.05) is 6.42 Å². The summed E-state index contributed by atoms with van der Waals surface area (Å²) in [4.78, 5) is 0. The predicted octanol–water partition coefficient (Wildman–Crippen LogP) is 3.89. The Hall–Kier alpha value is -0.470. The van der Waals surface area contributed by atoms with Crippen LogP contribution in [0.1, 0.15) is 33.6 Å². The molecular weight excluding hydrogens is 153 g/mol. The van der Waals surface area contributed by atoms with Gasteiger partial charge in [-0.2, -0.15) is 8.78 Å². The van der Waals surface area contributed by atoms with Crippen LogP contribution in [0.25, 0.3) is 0 Å². The molecule has 3 heteroatoms. The van der Waals surface area contributed by atoms with Gasteiger partial charge in [-0.15, -0.1) is 0 Å². The van der Waals surface area contributed by atoms with Crippen molar-refractivity contribution in [2.75, 3.05) is 0 Å². The lowest BCUT2D eigenvalue weighted by molar-refractivity contribution is 0.330. The molecular formula is C8H13F3. The molecule has 0 heterocycles. The molecule has 0 aliphatic rings. The van der Waals surface area contributed by atoms with Crippen LogP contribution in [-0.4, -0.2) is 0 Å². The van der Waals surface area contributed by atoms with Crippen LogP contribution in [-0.2, 0) is 0 Å². The minimum atomic E-state index is -2.19. The summed E-state index contributed by atoms with van der Waals surface area (Å²) in [5.41, 5.74) is -0.0905. The van der Waals surface area contributed by atoms with Gasteiger partial charge in [0.2, 0.25) is 0 Å². The Morgan fingerprint density at radius 2 is 1.55 bits per heavy atom. The molecule has 0 radical (unpaired) electrons. The lowest BCUT2D eigenvalue weighted by Crippen LogP contribution is -2.04. The van der Waals surface area contributed by atoms with Gasteiger partial charge in [0.1, 0.15) is 0 Å². The van der Waals surface area contributed by atoms with Gasteiger partial charge < -0.3 is 0 Å². The lowest BCUT2D eigenvalue weighted by atomic mass is 9.90. The van der Waals surface area contributed by atoms with E-state index in [1.54, 1.807) is 0 Å². The molecule has 0 N–H and O–H groups in total. The van der Waals surface area contributed by atoms with E-state index in [1.165, 1.54) is 0 Å². The highest BCUT2D eigenvalue weighted by atomic mass is 19.3. The van der Waals surface area contributed by atoms with Crippen molar-refractivity contribution in [1.29, 1.82) is 0 Å². The van der Waals surface area contributed by atoms with Crippen LogP contribution in [0, 0.1) is 5.41 Å². The van der Waals surface area contributed by atoms with Crippen molar-refractivity contribution < 1.29 is 13.2 Å². The fourth-order valence-corrected chi connectivity index (χ4v) is 0.579. The Bertz CT molecular complexity index is 149. The first kappa shape index (κ1) is 10.5. The molecule has 0 aromatic heterocycles. The van der Waals surface area contributed by atoms with Gasteiger partial charge in [0.25, 0.3) is 0 Å². The first-order valence-electron chi connectivity index (χ1n) is 3.52. The maximum Gasteiger partial charge on any atom is 0.301 e. The summed E-state index contributed by atoms with van der Waals surface area (Å²) < 4.78 is 35.2. The molecule has 0 aliphatic carbocycles. The van der Waals surface area contributed by atoms with E-state index in [4.69, 9.17) is 0 Å². The zero-order valence-corrected chi connectivity index (χ0v) is 7.05. The largest absolute Gasteiger partial charge is 0.301 e. The smallest absolute Gasteiger partial charge is 0.206 e. The van der Waals surface area contributed by atoms with Gasteiger partial charge in [-0.1, -0.05) is 20.8 Å². The molecule has 0 aromatic rings. The Morgan fingerprint density at radius 1 is 1.09 bits per heavy atom. The predicted molar refractivity (Wildman–Crippen MR) is 39.0 cm³/mol. The maximum absolute atomic E-state index is 12.2. The Balaban J connectivity index is 3.82. The van der Waals surface area contributed by atoms with E-state index in [-0.39, 0.29) is 11.8 Å². The first-order chi connectivity index (χ1) is 4.83. The second kappa shape index (κ2) is 3.79. The molecule has 0 saturated carbocycles. The Labute approximate surface area is 65.1 Å². The normalized spacial score (nSPS) is 11.5. The molecule has 0 saturated heterocycles. The molecule has 0 spiro atoms. The Morgan fingerprint density at radius 3 is 1.82 bits per heavy atom. The zero-order chi connectivity index (χ0) is 9.07. The number of halogens is 3. The molecule has 0 atom stereocenters. The first-order valence-corrected chi connectivity index (χ1v) is 3.52. The van der Waals surface area contributed by atoms with Crippen LogP contribution >= 0.6 is 0 Å². The monoisotopic (exact) mass is 166 g/mol. The van der Waals surface area contributed by atoms with Gasteiger partial charge in [-0.3, -0.25) is 0 Å². The summed E-state index contributed by atoms with van der Waals surface area (Å²) in [7, 11) is 0. The molecule has 0 nitrogen and oxygen atoms in total. The van der Waals surface area contributed by atoms with E-state index in [0.717, 1.165) is 0 Å². The summed E-state index contributed by atoms with van der Waals surface area (Å²) in [5.74, 6) is -1.28. The summed E-state index contributed by atoms with van der Waals surface area (Å²) in [6.07, 6.45) is -1.91. The van der Waals surface area contributed by atoms with Crippen molar-refractivity contribution in [3.8, 4) is 0 Å². The van der Waals surface area contributed by atoms with Crippen molar-refractivity contribution in [2.24, 2.45) is 5.41 Å². The van der Waals surface area contributed by atoms with Crippen LogP contribution in [0.5, 0.6) is 0 Å². The highest BCUT2D eigenvalue weighted by Gasteiger charge is 2.13. The lowest BCUT2D eigenvalue weighted by Gasteiger charge is -2.16. The number of hydrogen-bond acceptors (Lipinski definition) is 0. The SMILES string of the molecule is CC(C)(C)CCC(F)=C(F)F. The third kappa shape index (κ3) is 5.95. The van der Waals surface area contributed by atoms with E-state index < -0.39 is 11.9 Å². The van der Waals surface area contributed by atoms with Gasteiger partial charge in [0.15, 0.2) is 5.83 Å². The van der Waals surface area contributed by atoms with Crippen LogP contribution in [0.4, 0.5) is 13.2 Å². The second-order valence-corrected chi connectivity index (χ2v) is 3.73. The van der Waals surface area contributed by atoms with Crippen LogP contribution in [0.15, 0.2) is 11.9 Å². The fraction of sp³-hybridized carbons (Fsp3) is 0.750. The van der Waals surface area contributed by atoms with Crippen LogP contribution in [0.3, 0.4) is 0 Å². The minimum absolute atomic E-state index is 0.0905. The third-order valence-electron chi connectivity index (χ3n) is 1.30. The molecule has 0 fully saturated rings. The summed E-state index contributed by atoms with van der Waals surface area (Å²) in [6.45, 7) is 5.66. The number of hydrogen-bond donors (Lipinski definition) is 0. The molecule has 0 amide bonds. The van der Waals surface area contributed by atoms with E-state index in [1.807, 2.05) is 20.8 Å². The van der Waals surface area contributed by atoms with Gasteiger partial charge in [0.05, 0.1) is 0 Å². The average Bonchev–Trinajstić information content (AvgIpc) is 1.80. The summed E-state index contributed by atoms with van der Waals surface area (Å²) in [5, 5.41) is 0. The van der Waals surface area contributed by atoms with Gasteiger partial charge >= 0.3 is 6.08 Å². The topological polar surface area (TPSA) is 0 Å². The average molecular weight is 166 g/mol. The van der Waals surface area contributed by atoms with E-state index in [0.29, 0.717) is 6.42 Å². The second-order valence-electron chi connectivity index (χ2n) is 3.73. The molecule has 66 valence electrons. The molecule has 0 aliphatic heterocycles. The molecule has 0 bridgehead atoms. The van der Waals surface area contributed by atoms with Crippen molar-refractivity contribution in [3.05, 3.63) is 11.9 Å². The summed E-state index contributed by atoms with van der Waals surface area (Å²) in [6, 6.07) is 0. The van der Waals surface area contributed by atoms with Crippen molar-refractivity contribution >= 4 is 0 Å². The minimum Gasteiger partial charge on any atom is -0.206 e. The van der Waals surface area contributed by atoms with Crippen molar-refractivity contribution in [2.45, 2.75) is 33.6 Å². The van der Waals surface area contributed by atoms with E-state index >= 15 is 0 Å². The van der Waals surface area contributed by atoms with E-state index in [9.17, 15) is 13.2 Å². The van der Waals surface area contributed by atoms with Crippen molar-refractivity contribution in [1.82, 2.24) is 0 Å². The van der Waals surface area contributed by atoms with Crippen molar-refractivity contribution in [3.63, 3.8) is 0 Å². The molecule has 0 rings (SSSR count). The number of rotatable bonds is 2. The van der Waals surface area contributed by atoms with Crippen LogP contribution in [0.2, 0.25) is 0 Å². The van der Waals surface area contributed by atoms with Gasteiger partial charge in [-0.05, 0) is 11.8 Å². The highest BCUT2D eigenvalue weighted by Crippen LogP contribution is 2.25. The highest BCUT2D eigenvalue weighted by molar-refractivity contribution is 4.91. The Kier molecular flexibility index (Phi) is 3.63. The zero-order valence-electron chi connectivity index (χ0n) is 7.05.